The fourth-order valence-corrected chi connectivity index (χ4v) is 2.79. The Balaban J connectivity index is 1.65. The van der Waals surface area contributed by atoms with E-state index in [0.717, 1.165) is 5.56 Å². The summed E-state index contributed by atoms with van der Waals surface area (Å²) in [7, 11) is 1.56. The van der Waals surface area contributed by atoms with E-state index in [4.69, 9.17) is 14.3 Å². The Hall–Kier alpha value is -3.10. The third-order valence-electron chi connectivity index (χ3n) is 4.32. The smallest absolute Gasteiger partial charge is 0.411 e. The van der Waals surface area contributed by atoms with Crippen molar-refractivity contribution in [1.29, 1.82) is 0 Å². The van der Waals surface area contributed by atoms with Crippen LogP contribution < -0.4 is 4.74 Å². The van der Waals surface area contributed by atoms with Crippen LogP contribution in [-0.2, 0) is 30.5 Å². The predicted octanol–water partition coefficient (Wildman–Crippen LogP) is 1.01. The molecule has 2 atom stereocenters. The first-order valence-corrected chi connectivity index (χ1v) is 8.08. The Labute approximate surface area is 149 Å². The van der Waals surface area contributed by atoms with Gasteiger partial charge in [-0.15, -0.1) is 5.06 Å². The Morgan fingerprint density at radius 2 is 1.77 bits per heavy atom. The van der Waals surface area contributed by atoms with Gasteiger partial charge in [0.2, 0.25) is 6.10 Å². The molecule has 2 aliphatic rings. The molecular weight excluding hydrogens is 344 g/mol. The second kappa shape index (κ2) is 7.03. The number of imide groups is 1. The molecule has 2 heterocycles. The highest BCUT2D eigenvalue weighted by Gasteiger charge is 2.46. The van der Waals surface area contributed by atoms with E-state index in [1.807, 2.05) is 0 Å². The van der Waals surface area contributed by atoms with Gasteiger partial charge >= 0.3 is 12.1 Å². The van der Waals surface area contributed by atoms with E-state index >= 15 is 0 Å². The van der Waals surface area contributed by atoms with E-state index < -0.39 is 36.0 Å². The first-order valence-electron chi connectivity index (χ1n) is 8.08. The monoisotopic (exact) mass is 362 g/mol. The number of hydrogen-bond acceptors (Lipinski definition) is 7. The standard InChI is InChI=1S/C17H18N2O7/c1-10-15(16(22)26-19-13(20)7-8-14(19)21)25-17(23)18(10)9-11-3-5-12(24-2)6-4-11/h3-6,10,15H,7-9H2,1-2H3. The van der Waals surface area contributed by atoms with Gasteiger partial charge in [-0.05, 0) is 24.6 Å². The molecule has 2 saturated heterocycles. The first-order chi connectivity index (χ1) is 12.4. The summed E-state index contributed by atoms with van der Waals surface area (Å²) in [6, 6.07) is 6.50. The van der Waals surface area contributed by atoms with Crippen LogP contribution in [0.2, 0.25) is 0 Å². The molecule has 0 spiro atoms. The lowest BCUT2D eigenvalue weighted by atomic mass is 10.1. The van der Waals surface area contributed by atoms with Crippen LogP contribution in [0.3, 0.4) is 0 Å². The van der Waals surface area contributed by atoms with E-state index in [9.17, 15) is 19.2 Å². The highest BCUT2D eigenvalue weighted by atomic mass is 16.7. The van der Waals surface area contributed by atoms with Gasteiger partial charge in [-0.2, -0.15) is 0 Å². The largest absolute Gasteiger partial charge is 0.497 e. The minimum atomic E-state index is -1.22. The number of hydrogen-bond donors (Lipinski definition) is 0. The van der Waals surface area contributed by atoms with Crippen LogP contribution in [0, 0.1) is 0 Å². The second-order valence-corrected chi connectivity index (χ2v) is 6.01. The number of carbonyl (C=O) groups excluding carboxylic acids is 4. The first kappa shape index (κ1) is 17.7. The quantitative estimate of drug-likeness (QED) is 0.720. The van der Waals surface area contributed by atoms with Crippen LogP contribution in [0.1, 0.15) is 25.3 Å². The molecule has 1 aromatic carbocycles. The van der Waals surface area contributed by atoms with Crippen molar-refractivity contribution in [3.8, 4) is 5.75 Å². The molecule has 26 heavy (non-hydrogen) atoms. The molecule has 0 radical (unpaired) electrons. The number of methoxy groups -OCH3 is 1. The van der Waals surface area contributed by atoms with Crippen molar-refractivity contribution in [2.24, 2.45) is 0 Å². The maximum absolute atomic E-state index is 12.2. The average molecular weight is 362 g/mol. The van der Waals surface area contributed by atoms with Gasteiger partial charge in [-0.25, -0.2) is 9.59 Å². The van der Waals surface area contributed by atoms with Gasteiger partial charge in [0.05, 0.1) is 13.2 Å². The topological polar surface area (TPSA) is 102 Å². The van der Waals surface area contributed by atoms with Crippen LogP contribution >= 0.6 is 0 Å². The number of cyclic esters (lactones) is 1. The van der Waals surface area contributed by atoms with Crippen molar-refractivity contribution in [2.45, 2.75) is 38.5 Å². The van der Waals surface area contributed by atoms with Crippen molar-refractivity contribution >= 4 is 23.9 Å². The normalized spacial score (nSPS) is 22.6. The molecule has 3 rings (SSSR count). The lowest BCUT2D eigenvalue weighted by Gasteiger charge is -2.21. The molecule has 2 aliphatic heterocycles. The van der Waals surface area contributed by atoms with Crippen LogP contribution in [0.4, 0.5) is 4.79 Å². The Kier molecular flexibility index (Phi) is 4.79. The number of nitrogens with zero attached hydrogens (tertiary/aromatic N) is 2. The molecule has 0 N–H and O–H groups in total. The molecule has 0 aromatic heterocycles. The van der Waals surface area contributed by atoms with E-state index in [1.54, 1.807) is 38.3 Å². The summed E-state index contributed by atoms with van der Waals surface area (Å²) in [5.74, 6) is -1.44. The van der Waals surface area contributed by atoms with Gasteiger partial charge in [-0.1, -0.05) is 12.1 Å². The Morgan fingerprint density at radius 3 is 2.35 bits per heavy atom. The van der Waals surface area contributed by atoms with Gasteiger partial charge in [0.1, 0.15) is 5.75 Å². The maximum atomic E-state index is 12.2. The van der Waals surface area contributed by atoms with Crippen molar-refractivity contribution in [1.82, 2.24) is 9.96 Å². The Bertz CT molecular complexity index is 730. The zero-order valence-electron chi connectivity index (χ0n) is 14.3. The summed E-state index contributed by atoms with van der Waals surface area (Å²) >= 11 is 0. The molecule has 2 fully saturated rings. The third-order valence-corrected chi connectivity index (χ3v) is 4.32. The maximum Gasteiger partial charge on any atom is 0.411 e. The van der Waals surface area contributed by atoms with E-state index in [2.05, 4.69) is 0 Å². The van der Waals surface area contributed by atoms with E-state index in [0.29, 0.717) is 10.8 Å². The summed E-state index contributed by atoms with van der Waals surface area (Å²) in [6.07, 6.45) is -1.90. The van der Waals surface area contributed by atoms with Crippen molar-refractivity contribution < 1.29 is 33.5 Å². The highest BCUT2D eigenvalue weighted by molar-refractivity contribution is 6.01. The molecule has 9 nitrogen and oxygen atoms in total. The molecular formula is C17H18N2O7. The molecule has 0 saturated carbocycles. The molecule has 9 heteroatoms. The van der Waals surface area contributed by atoms with Crippen molar-refractivity contribution in [3.05, 3.63) is 29.8 Å². The second-order valence-electron chi connectivity index (χ2n) is 6.01. The lowest BCUT2D eigenvalue weighted by Crippen LogP contribution is -2.42. The van der Waals surface area contributed by atoms with Gasteiger partial charge in [0, 0.05) is 19.4 Å². The Morgan fingerprint density at radius 1 is 1.15 bits per heavy atom. The minimum absolute atomic E-state index is 0.00425. The molecule has 138 valence electrons. The SMILES string of the molecule is COc1ccc(CN2C(=O)OC(C(=O)ON3C(=O)CCC3=O)C2C)cc1. The molecule has 1 aromatic rings. The van der Waals surface area contributed by atoms with Gasteiger partial charge in [-0.3, -0.25) is 14.5 Å². The van der Waals surface area contributed by atoms with Crippen LogP contribution in [0.5, 0.6) is 5.75 Å². The summed E-state index contributed by atoms with van der Waals surface area (Å²) in [5.41, 5.74) is 0.827. The zero-order valence-corrected chi connectivity index (χ0v) is 14.3. The summed E-state index contributed by atoms with van der Waals surface area (Å²) in [5, 5.41) is 0.440. The van der Waals surface area contributed by atoms with Crippen LogP contribution in [-0.4, -0.2) is 53.1 Å². The fraction of sp³-hybridized carbons (Fsp3) is 0.412. The average Bonchev–Trinajstić information content (AvgIpc) is 3.10. The third kappa shape index (κ3) is 3.32. The minimum Gasteiger partial charge on any atom is -0.497 e. The molecule has 3 amide bonds. The molecule has 2 unspecified atom stereocenters. The van der Waals surface area contributed by atoms with Gasteiger partial charge < -0.3 is 14.3 Å². The highest BCUT2D eigenvalue weighted by Crippen LogP contribution is 2.24. The number of benzene rings is 1. The van der Waals surface area contributed by atoms with Crippen LogP contribution in [0.15, 0.2) is 24.3 Å². The van der Waals surface area contributed by atoms with E-state index in [1.165, 1.54) is 4.90 Å². The summed E-state index contributed by atoms with van der Waals surface area (Å²) in [4.78, 5) is 53.7. The number of amides is 3. The lowest BCUT2D eigenvalue weighted by molar-refractivity contribution is -0.202. The fourth-order valence-electron chi connectivity index (χ4n) is 2.79. The van der Waals surface area contributed by atoms with Crippen LogP contribution in [0.25, 0.3) is 0 Å². The number of carbonyl (C=O) groups is 4. The number of ether oxygens (including phenoxy) is 2. The van der Waals surface area contributed by atoms with Gasteiger partial charge in [0.15, 0.2) is 0 Å². The molecule has 0 bridgehead atoms. The van der Waals surface area contributed by atoms with Crippen molar-refractivity contribution in [3.63, 3.8) is 0 Å². The number of hydroxylamine groups is 2. The molecule has 0 aliphatic carbocycles. The van der Waals surface area contributed by atoms with Crippen molar-refractivity contribution in [2.75, 3.05) is 7.11 Å². The van der Waals surface area contributed by atoms with Gasteiger partial charge in [0.25, 0.3) is 11.8 Å². The summed E-state index contributed by atoms with van der Waals surface area (Å²) < 4.78 is 10.2. The number of rotatable bonds is 5. The zero-order chi connectivity index (χ0) is 18.8. The predicted molar refractivity (Wildman–Crippen MR) is 85.4 cm³/mol. The summed E-state index contributed by atoms with van der Waals surface area (Å²) in [6.45, 7) is 1.86. The van der Waals surface area contributed by atoms with E-state index in [-0.39, 0.29) is 19.4 Å².